The third kappa shape index (κ3) is 2.57. The van der Waals surface area contributed by atoms with Gasteiger partial charge in [0.2, 0.25) is 0 Å². The normalized spacial score (nSPS) is 10.1. The van der Waals surface area contributed by atoms with Crippen molar-refractivity contribution in [1.82, 2.24) is 9.97 Å². The molecule has 0 aliphatic rings. The summed E-state index contributed by atoms with van der Waals surface area (Å²) in [6.07, 6.45) is 4.08. The molecule has 0 unspecified atom stereocenters. The zero-order valence-electron chi connectivity index (χ0n) is 7.88. The average molecular weight is 235 g/mol. The van der Waals surface area contributed by atoms with Crippen LogP contribution in [0.3, 0.4) is 0 Å². The molecule has 2 aromatic heterocycles. The molecule has 0 saturated heterocycles. The summed E-state index contributed by atoms with van der Waals surface area (Å²) in [6, 6.07) is 3.86. The Kier molecular flexibility index (Phi) is 3.03. The Morgan fingerprint density at radius 1 is 1.40 bits per heavy atom. The first kappa shape index (κ1) is 10.2. The number of thiazole rings is 1. The van der Waals surface area contributed by atoms with Crippen molar-refractivity contribution in [3.63, 3.8) is 0 Å². The van der Waals surface area contributed by atoms with Crippen LogP contribution in [0.25, 0.3) is 11.3 Å². The van der Waals surface area contributed by atoms with Crippen LogP contribution < -0.4 is 5.73 Å². The number of hydrogen-bond donors (Lipinski definition) is 1. The van der Waals surface area contributed by atoms with Gasteiger partial charge in [-0.25, -0.2) is 4.98 Å². The number of rotatable bonds is 3. The molecule has 76 valence electrons. The molecule has 0 atom stereocenters. The van der Waals surface area contributed by atoms with E-state index in [9.17, 15) is 0 Å². The molecule has 0 aromatic carbocycles. The van der Waals surface area contributed by atoms with E-state index < -0.39 is 0 Å². The van der Waals surface area contributed by atoms with Crippen molar-refractivity contribution < 1.29 is 0 Å². The summed E-state index contributed by atoms with van der Waals surface area (Å²) < 4.78 is 0. The molecule has 0 radical (unpaired) electrons. The van der Waals surface area contributed by atoms with Crippen molar-refractivity contribution in [2.24, 2.45) is 5.73 Å². The van der Waals surface area contributed by atoms with Gasteiger partial charge in [0.15, 0.2) is 0 Å². The Morgan fingerprint density at radius 2 is 2.13 bits per heavy atom. The smallest absolute Gasteiger partial charge is 0.1000 e. The van der Waals surface area contributed by atoms with E-state index in [2.05, 4.69) is 9.97 Å². The van der Waals surface area contributed by atoms with Crippen molar-refractivity contribution in [2.75, 3.05) is 0 Å². The second-order valence-electron chi connectivity index (χ2n) is 3.01. The zero-order valence-corrected chi connectivity index (χ0v) is 9.52. The number of pyridine rings is 1. The number of thiocarbonyl (C=S) groups is 1. The average Bonchev–Trinajstić information content (AvgIpc) is 2.67. The van der Waals surface area contributed by atoms with Gasteiger partial charge in [0.1, 0.15) is 0 Å². The SMILES string of the molecule is NC(=S)Cc1nc(-c2ccncc2)cs1. The van der Waals surface area contributed by atoms with E-state index in [0.29, 0.717) is 11.4 Å². The largest absolute Gasteiger partial charge is 0.393 e. The predicted molar refractivity (Wildman–Crippen MR) is 65.8 cm³/mol. The molecule has 0 spiro atoms. The standard InChI is InChI=1S/C10H9N3S2/c11-9(14)5-10-13-8(6-15-10)7-1-3-12-4-2-7/h1-4,6H,5H2,(H2,11,14). The minimum Gasteiger partial charge on any atom is -0.393 e. The Labute approximate surface area is 97.0 Å². The van der Waals surface area contributed by atoms with Crippen LogP contribution in [0.2, 0.25) is 0 Å². The van der Waals surface area contributed by atoms with Gasteiger partial charge in [-0.05, 0) is 12.1 Å². The molecule has 5 heteroatoms. The number of hydrogen-bond acceptors (Lipinski definition) is 4. The second-order valence-corrected chi connectivity index (χ2v) is 4.47. The van der Waals surface area contributed by atoms with E-state index >= 15 is 0 Å². The number of aromatic nitrogens is 2. The summed E-state index contributed by atoms with van der Waals surface area (Å²) in [7, 11) is 0. The maximum Gasteiger partial charge on any atom is 0.1000 e. The molecular weight excluding hydrogens is 226 g/mol. The van der Waals surface area contributed by atoms with Crippen molar-refractivity contribution in [3.05, 3.63) is 34.9 Å². The Morgan fingerprint density at radius 3 is 2.80 bits per heavy atom. The fourth-order valence-electron chi connectivity index (χ4n) is 1.20. The van der Waals surface area contributed by atoms with Gasteiger partial charge in [-0.2, -0.15) is 0 Å². The van der Waals surface area contributed by atoms with Crippen LogP contribution in [0.15, 0.2) is 29.9 Å². The minimum atomic E-state index is 0.477. The predicted octanol–water partition coefficient (Wildman–Crippen LogP) is 2.03. The highest BCUT2D eigenvalue weighted by molar-refractivity contribution is 7.80. The van der Waals surface area contributed by atoms with Gasteiger partial charge < -0.3 is 5.73 Å². The highest BCUT2D eigenvalue weighted by Gasteiger charge is 2.04. The monoisotopic (exact) mass is 235 g/mol. The van der Waals surface area contributed by atoms with Gasteiger partial charge in [-0.15, -0.1) is 11.3 Å². The Balaban J connectivity index is 2.24. The van der Waals surface area contributed by atoms with Crippen LogP contribution in [0.1, 0.15) is 5.01 Å². The van der Waals surface area contributed by atoms with Gasteiger partial charge in [0.25, 0.3) is 0 Å². The van der Waals surface area contributed by atoms with E-state index in [1.54, 1.807) is 23.7 Å². The highest BCUT2D eigenvalue weighted by atomic mass is 32.1. The number of nitrogens with zero attached hydrogens (tertiary/aromatic N) is 2. The van der Waals surface area contributed by atoms with E-state index in [4.69, 9.17) is 18.0 Å². The molecule has 3 nitrogen and oxygen atoms in total. The lowest BCUT2D eigenvalue weighted by molar-refractivity contribution is 1.22. The van der Waals surface area contributed by atoms with Gasteiger partial charge >= 0.3 is 0 Å². The topological polar surface area (TPSA) is 51.8 Å². The van der Waals surface area contributed by atoms with Crippen LogP contribution in [0.4, 0.5) is 0 Å². The van der Waals surface area contributed by atoms with Crippen LogP contribution in [-0.2, 0) is 6.42 Å². The third-order valence-electron chi connectivity index (χ3n) is 1.85. The summed E-state index contributed by atoms with van der Waals surface area (Å²) >= 11 is 6.41. The molecule has 2 aromatic rings. The third-order valence-corrected chi connectivity index (χ3v) is 2.85. The van der Waals surface area contributed by atoms with Gasteiger partial charge in [-0.3, -0.25) is 4.98 Å². The molecule has 15 heavy (non-hydrogen) atoms. The van der Waals surface area contributed by atoms with Crippen LogP contribution in [0.5, 0.6) is 0 Å². The fourth-order valence-corrected chi connectivity index (χ4v) is 2.25. The van der Waals surface area contributed by atoms with Crippen molar-refractivity contribution in [3.8, 4) is 11.3 Å². The van der Waals surface area contributed by atoms with Gasteiger partial charge in [0.05, 0.1) is 15.7 Å². The highest BCUT2D eigenvalue weighted by Crippen LogP contribution is 2.21. The molecule has 2 N–H and O–H groups in total. The molecule has 0 amide bonds. The lowest BCUT2D eigenvalue weighted by Gasteiger charge is -1.94. The maximum absolute atomic E-state index is 5.46. The molecule has 0 aliphatic heterocycles. The molecule has 2 heterocycles. The summed E-state index contributed by atoms with van der Waals surface area (Å²) in [5, 5.41) is 2.96. The van der Waals surface area contributed by atoms with Crippen LogP contribution in [0, 0.1) is 0 Å². The van der Waals surface area contributed by atoms with Crippen LogP contribution >= 0.6 is 23.6 Å². The van der Waals surface area contributed by atoms with Crippen molar-refractivity contribution >= 4 is 28.5 Å². The molecule has 0 aliphatic carbocycles. The summed E-state index contributed by atoms with van der Waals surface area (Å²) in [4.78, 5) is 8.88. The summed E-state index contributed by atoms with van der Waals surface area (Å²) in [6.45, 7) is 0. The van der Waals surface area contributed by atoms with E-state index in [-0.39, 0.29) is 0 Å². The van der Waals surface area contributed by atoms with E-state index in [1.165, 1.54) is 0 Å². The summed E-state index contributed by atoms with van der Waals surface area (Å²) in [5.41, 5.74) is 7.48. The van der Waals surface area contributed by atoms with Crippen molar-refractivity contribution in [2.45, 2.75) is 6.42 Å². The van der Waals surface area contributed by atoms with Crippen LogP contribution in [-0.4, -0.2) is 15.0 Å². The van der Waals surface area contributed by atoms with Gasteiger partial charge in [-0.1, -0.05) is 12.2 Å². The Hall–Kier alpha value is -1.33. The lowest BCUT2D eigenvalue weighted by atomic mass is 10.2. The minimum absolute atomic E-state index is 0.477. The second kappa shape index (κ2) is 4.46. The van der Waals surface area contributed by atoms with E-state index in [1.807, 2.05) is 17.5 Å². The molecule has 0 bridgehead atoms. The lowest BCUT2D eigenvalue weighted by Crippen LogP contribution is -2.10. The first-order valence-corrected chi connectivity index (χ1v) is 5.67. The molecular formula is C10H9N3S2. The molecule has 2 rings (SSSR count). The zero-order chi connectivity index (χ0) is 10.7. The molecule has 0 fully saturated rings. The van der Waals surface area contributed by atoms with E-state index in [0.717, 1.165) is 16.3 Å². The Bertz CT molecular complexity index is 465. The quantitative estimate of drug-likeness (QED) is 0.827. The number of nitrogens with two attached hydrogens (primary N) is 1. The summed E-state index contributed by atoms with van der Waals surface area (Å²) in [5.74, 6) is 0. The van der Waals surface area contributed by atoms with Crippen molar-refractivity contribution in [1.29, 1.82) is 0 Å². The maximum atomic E-state index is 5.46. The van der Waals surface area contributed by atoms with Gasteiger partial charge in [0, 0.05) is 29.8 Å². The molecule has 0 saturated carbocycles. The first-order chi connectivity index (χ1) is 7.25. The fraction of sp³-hybridized carbons (Fsp3) is 0.100. The first-order valence-electron chi connectivity index (χ1n) is 4.39.